The number of carbonyl (C=O) groups excluding carboxylic acids is 1. The number of hydrogen-bond acceptors (Lipinski definition) is 5. The Kier molecular flexibility index (Phi) is 8.98. The summed E-state index contributed by atoms with van der Waals surface area (Å²) in [6.07, 6.45) is 4.74. The first-order valence-corrected chi connectivity index (χ1v) is 13.1. The molecule has 0 radical (unpaired) electrons. The highest BCUT2D eigenvalue weighted by molar-refractivity contribution is 7.82. The second-order valence-electron chi connectivity index (χ2n) is 8.43. The highest BCUT2D eigenvalue weighted by Crippen LogP contribution is 2.41. The van der Waals surface area contributed by atoms with Gasteiger partial charge in [0.1, 0.15) is 16.6 Å². The van der Waals surface area contributed by atoms with Gasteiger partial charge in [-0.1, -0.05) is 39.3 Å². The fourth-order valence-electron chi connectivity index (χ4n) is 3.47. The maximum atomic E-state index is 15.1. The Labute approximate surface area is 206 Å². The molecule has 0 saturated carbocycles. The van der Waals surface area contributed by atoms with Gasteiger partial charge in [0.2, 0.25) is 0 Å². The van der Waals surface area contributed by atoms with Crippen LogP contribution in [0.3, 0.4) is 0 Å². The van der Waals surface area contributed by atoms with Crippen LogP contribution in [0.5, 0.6) is 0 Å². The molecular weight excluding hydrogens is 477 g/mol. The Morgan fingerprint density at radius 3 is 2.71 bits per heavy atom. The summed E-state index contributed by atoms with van der Waals surface area (Å²) in [6.45, 7) is 8.42. The van der Waals surface area contributed by atoms with Crippen molar-refractivity contribution in [3.05, 3.63) is 58.7 Å². The molecule has 1 atom stereocenters. The Bertz CT molecular complexity index is 1160. The molecule has 0 aliphatic rings. The smallest absolute Gasteiger partial charge is 0.429 e. The number of ether oxygens (including phenoxy) is 1. The van der Waals surface area contributed by atoms with Gasteiger partial charge in [0.05, 0.1) is 13.2 Å². The average Bonchev–Trinajstić information content (AvgIpc) is 3.35. The van der Waals surface area contributed by atoms with Gasteiger partial charge in [-0.05, 0) is 43.4 Å². The van der Waals surface area contributed by atoms with Crippen molar-refractivity contribution in [3.63, 3.8) is 0 Å². The van der Waals surface area contributed by atoms with E-state index in [0.717, 1.165) is 27.8 Å². The predicted octanol–water partition coefficient (Wildman–Crippen LogP) is 6.19. The zero-order valence-electron chi connectivity index (χ0n) is 19.8. The lowest BCUT2D eigenvalue weighted by atomic mass is 10.0. The number of amides is 1. The summed E-state index contributed by atoms with van der Waals surface area (Å²) in [5, 5.41) is 0.260. The zero-order valence-corrected chi connectivity index (χ0v) is 21.4. The largest absolute Gasteiger partial charge is 0.448 e. The molecule has 0 saturated heterocycles. The molecule has 1 unspecified atom stereocenters. The maximum absolute atomic E-state index is 15.1. The molecule has 1 aromatic carbocycles. The number of hydrogen-bond donors (Lipinski definition) is 1. The molecule has 34 heavy (non-hydrogen) atoms. The number of nitrogens with zero attached hydrogens (tertiary/aromatic N) is 3. The molecule has 2 heterocycles. The summed E-state index contributed by atoms with van der Waals surface area (Å²) < 4.78 is 45.0. The number of aryl methyl sites for hydroxylation is 1. The van der Waals surface area contributed by atoms with Gasteiger partial charge in [0.25, 0.3) is 11.3 Å². The fraction of sp³-hybridized carbons (Fsp3) is 0.417. The number of thiophene rings is 1. The molecule has 0 fully saturated rings. The van der Waals surface area contributed by atoms with Crippen LogP contribution in [-0.4, -0.2) is 31.0 Å². The van der Waals surface area contributed by atoms with E-state index in [1.165, 1.54) is 17.4 Å². The number of unbranched alkanes of at least 4 members (excludes halogenated alkanes) is 1. The SMILES string of the molecule is CCCCOC(=O)N(c1sc(CC(C)C)cc1-c1ccc(Cn2ccnc2C)c(F)c1)S(=O)O. The number of rotatable bonds is 10. The van der Waals surface area contributed by atoms with Crippen molar-refractivity contribution in [1.29, 1.82) is 0 Å². The summed E-state index contributed by atoms with van der Waals surface area (Å²) in [6, 6.07) is 6.70. The van der Waals surface area contributed by atoms with Gasteiger partial charge in [-0.2, -0.15) is 4.31 Å². The summed E-state index contributed by atoms with van der Waals surface area (Å²) in [5.41, 5.74) is 1.52. The average molecular weight is 508 g/mol. The fourth-order valence-corrected chi connectivity index (χ4v) is 5.48. The Balaban J connectivity index is 2.00. The van der Waals surface area contributed by atoms with Crippen molar-refractivity contribution in [2.24, 2.45) is 5.92 Å². The summed E-state index contributed by atoms with van der Waals surface area (Å²) >= 11 is -1.40. The Hall–Kier alpha value is -2.56. The minimum Gasteiger partial charge on any atom is -0.448 e. The number of anilines is 1. The Morgan fingerprint density at radius 2 is 2.12 bits per heavy atom. The van der Waals surface area contributed by atoms with E-state index >= 15 is 4.39 Å². The van der Waals surface area contributed by atoms with E-state index < -0.39 is 23.2 Å². The number of carbonyl (C=O) groups is 1. The third-order valence-electron chi connectivity index (χ3n) is 5.23. The van der Waals surface area contributed by atoms with Gasteiger partial charge in [0.15, 0.2) is 0 Å². The highest BCUT2D eigenvalue weighted by atomic mass is 32.2. The van der Waals surface area contributed by atoms with Crippen LogP contribution < -0.4 is 4.31 Å². The normalized spacial score (nSPS) is 12.2. The molecule has 0 aliphatic heterocycles. The summed E-state index contributed by atoms with van der Waals surface area (Å²) in [5.74, 6) is 0.710. The van der Waals surface area contributed by atoms with Crippen molar-refractivity contribution in [2.45, 2.75) is 53.5 Å². The quantitative estimate of drug-likeness (QED) is 0.261. The van der Waals surface area contributed by atoms with Gasteiger partial charge in [-0.3, -0.25) is 4.55 Å². The molecule has 1 amide bonds. The van der Waals surface area contributed by atoms with E-state index in [9.17, 15) is 13.6 Å². The van der Waals surface area contributed by atoms with Gasteiger partial charge in [0, 0.05) is 28.4 Å². The Morgan fingerprint density at radius 1 is 1.35 bits per heavy atom. The molecule has 7 nitrogen and oxygen atoms in total. The maximum Gasteiger partial charge on any atom is 0.429 e. The van der Waals surface area contributed by atoms with Crippen molar-refractivity contribution in [1.82, 2.24) is 9.55 Å². The molecule has 3 rings (SSSR count). The number of aromatic nitrogens is 2. The lowest BCUT2D eigenvalue weighted by Crippen LogP contribution is -2.33. The predicted molar refractivity (Wildman–Crippen MR) is 134 cm³/mol. The molecule has 3 aromatic rings. The molecule has 1 N–H and O–H groups in total. The zero-order chi connectivity index (χ0) is 24.8. The molecule has 10 heteroatoms. The van der Waals surface area contributed by atoms with Gasteiger partial charge >= 0.3 is 6.09 Å². The topological polar surface area (TPSA) is 84.7 Å². The third kappa shape index (κ3) is 6.31. The van der Waals surface area contributed by atoms with Gasteiger partial charge in [-0.15, -0.1) is 11.3 Å². The highest BCUT2D eigenvalue weighted by Gasteiger charge is 2.29. The van der Waals surface area contributed by atoms with Crippen molar-refractivity contribution in [2.75, 3.05) is 10.9 Å². The molecule has 0 aliphatic carbocycles. The van der Waals surface area contributed by atoms with Crippen molar-refractivity contribution in [3.8, 4) is 11.1 Å². The minimum atomic E-state index is -2.64. The van der Waals surface area contributed by atoms with E-state index in [2.05, 4.69) is 18.8 Å². The second kappa shape index (κ2) is 11.7. The van der Waals surface area contributed by atoms with Crippen LogP contribution in [0.2, 0.25) is 0 Å². The lowest BCUT2D eigenvalue weighted by Gasteiger charge is -2.18. The molecule has 2 aromatic heterocycles. The van der Waals surface area contributed by atoms with Crippen LogP contribution in [-0.2, 0) is 29.0 Å². The van der Waals surface area contributed by atoms with E-state index in [-0.39, 0.29) is 11.6 Å². The second-order valence-corrected chi connectivity index (χ2v) is 10.4. The first-order chi connectivity index (χ1) is 16.2. The monoisotopic (exact) mass is 507 g/mol. The van der Waals surface area contributed by atoms with E-state index in [4.69, 9.17) is 4.74 Å². The number of imidazole rings is 1. The molecule has 0 spiro atoms. The van der Waals surface area contributed by atoms with E-state index in [0.29, 0.717) is 35.6 Å². The van der Waals surface area contributed by atoms with Crippen LogP contribution in [0.25, 0.3) is 11.1 Å². The van der Waals surface area contributed by atoms with Crippen LogP contribution in [0.15, 0.2) is 36.7 Å². The minimum absolute atomic E-state index is 0.152. The van der Waals surface area contributed by atoms with E-state index in [1.807, 2.05) is 24.5 Å². The van der Waals surface area contributed by atoms with Crippen LogP contribution in [0.4, 0.5) is 14.2 Å². The van der Waals surface area contributed by atoms with E-state index in [1.54, 1.807) is 24.5 Å². The first-order valence-electron chi connectivity index (χ1n) is 11.2. The summed E-state index contributed by atoms with van der Waals surface area (Å²) in [4.78, 5) is 17.8. The van der Waals surface area contributed by atoms with Gasteiger partial charge in [-0.25, -0.2) is 18.4 Å². The van der Waals surface area contributed by atoms with Crippen molar-refractivity contribution < 1.29 is 22.7 Å². The number of halogens is 1. The third-order valence-corrected chi connectivity index (χ3v) is 7.13. The molecule has 184 valence electrons. The first kappa shape index (κ1) is 26.1. The van der Waals surface area contributed by atoms with Gasteiger partial charge < -0.3 is 9.30 Å². The molecular formula is C24H30FN3O4S2. The van der Waals surface area contributed by atoms with Crippen LogP contribution >= 0.6 is 11.3 Å². The number of benzene rings is 1. The summed E-state index contributed by atoms with van der Waals surface area (Å²) in [7, 11) is 0. The van der Waals surface area contributed by atoms with Crippen LogP contribution in [0.1, 0.15) is 49.9 Å². The van der Waals surface area contributed by atoms with Crippen molar-refractivity contribution >= 4 is 33.7 Å². The van der Waals surface area contributed by atoms with Crippen LogP contribution in [0, 0.1) is 18.7 Å². The standard InChI is InChI=1S/C24H30FN3O4S2/c1-5-6-11-32-24(29)28(34(30)31)23-21(14-20(33-23)12-16(2)3)18-7-8-19(22(25)13-18)15-27-10-9-26-17(27)4/h7-10,13-14,16H,5-6,11-12,15H2,1-4H3,(H,30,31). The lowest BCUT2D eigenvalue weighted by molar-refractivity contribution is 0.156. The molecule has 0 bridgehead atoms.